The van der Waals surface area contributed by atoms with Crippen molar-refractivity contribution in [1.82, 2.24) is 0 Å². The molecule has 0 heterocycles. The molecule has 1 nitrogen and oxygen atoms in total. The van der Waals surface area contributed by atoms with E-state index >= 15 is 0 Å². The Kier molecular flexibility index (Phi) is 40.2. The Hall–Kier alpha value is -1.60. The molecule has 0 unspecified atom stereocenters. The fourth-order valence-electron chi connectivity index (χ4n) is 8.54. The molecule has 0 saturated heterocycles. The van der Waals surface area contributed by atoms with Gasteiger partial charge in [-0.25, -0.2) is 0 Å². The first-order chi connectivity index (χ1) is 27.8. The SMILES string of the molecule is CCCCCCCCCCCC/C=C/CC[N+](CC/C=C/CCCCCCCCCCCC)(CC/C=C/CCCCCCCCCCCC)Cc1ccccc1. The Morgan fingerprint density at radius 1 is 0.304 bits per heavy atom. The fraction of sp³-hybridized carbons (Fsp3) is 0.782. The number of rotatable bonds is 44. The predicted octanol–water partition coefficient (Wildman–Crippen LogP) is 18.8. The molecule has 0 saturated carbocycles. The lowest BCUT2D eigenvalue weighted by Gasteiger charge is -2.39. The van der Waals surface area contributed by atoms with E-state index in [1.54, 1.807) is 0 Å². The van der Waals surface area contributed by atoms with Crippen molar-refractivity contribution in [2.75, 3.05) is 19.6 Å². The third kappa shape index (κ3) is 35.6. The first-order valence-electron chi connectivity index (χ1n) is 25.6. The number of allylic oxidation sites excluding steroid dienone is 3. The van der Waals surface area contributed by atoms with Crippen molar-refractivity contribution in [3.05, 3.63) is 72.4 Å². The number of hydrogen-bond donors (Lipinski definition) is 0. The molecule has 0 fully saturated rings. The molecule has 0 aliphatic rings. The van der Waals surface area contributed by atoms with Gasteiger partial charge in [-0.05, 0) is 38.5 Å². The van der Waals surface area contributed by atoms with Crippen molar-refractivity contribution in [1.29, 1.82) is 0 Å². The molecule has 0 aromatic heterocycles. The fourth-order valence-corrected chi connectivity index (χ4v) is 8.54. The van der Waals surface area contributed by atoms with Crippen LogP contribution in [0.15, 0.2) is 66.8 Å². The van der Waals surface area contributed by atoms with E-state index in [-0.39, 0.29) is 0 Å². The van der Waals surface area contributed by atoms with Gasteiger partial charge >= 0.3 is 0 Å². The van der Waals surface area contributed by atoms with Gasteiger partial charge in [-0.2, -0.15) is 0 Å². The molecule has 0 spiro atoms. The van der Waals surface area contributed by atoms with Crippen molar-refractivity contribution in [3.63, 3.8) is 0 Å². The zero-order valence-corrected chi connectivity index (χ0v) is 38.6. The Balaban J connectivity index is 2.60. The van der Waals surface area contributed by atoms with Crippen LogP contribution in [0, 0.1) is 0 Å². The summed E-state index contributed by atoms with van der Waals surface area (Å²) in [5.74, 6) is 0. The molecule has 1 rings (SSSR count). The minimum Gasteiger partial charge on any atom is -0.319 e. The average molecular weight is 775 g/mol. The van der Waals surface area contributed by atoms with Crippen LogP contribution in [0.25, 0.3) is 0 Å². The maximum atomic E-state index is 2.54. The lowest BCUT2D eigenvalue weighted by molar-refractivity contribution is -0.940. The van der Waals surface area contributed by atoms with Gasteiger partial charge in [0.25, 0.3) is 0 Å². The van der Waals surface area contributed by atoms with E-state index in [1.165, 1.54) is 261 Å². The summed E-state index contributed by atoms with van der Waals surface area (Å²) in [6, 6.07) is 11.4. The number of benzene rings is 1. The van der Waals surface area contributed by atoms with Crippen LogP contribution in [0.2, 0.25) is 0 Å². The van der Waals surface area contributed by atoms with Crippen molar-refractivity contribution in [3.8, 4) is 0 Å². The number of nitrogens with zero attached hydrogens (tertiary/aromatic N) is 1. The number of quaternary nitrogens is 1. The minimum absolute atomic E-state index is 1.16. The first kappa shape index (κ1) is 52.4. The molecule has 0 atom stereocenters. The summed E-state index contributed by atoms with van der Waals surface area (Å²) < 4.78 is 1.21. The van der Waals surface area contributed by atoms with E-state index < -0.39 is 0 Å². The lowest BCUT2D eigenvalue weighted by atomic mass is 10.1. The summed E-state index contributed by atoms with van der Waals surface area (Å²) in [6.07, 6.45) is 65.2. The largest absolute Gasteiger partial charge is 0.319 e. The quantitative estimate of drug-likeness (QED) is 0.0352. The highest BCUT2D eigenvalue weighted by Crippen LogP contribution is 2.21. The lowest BCUT2D eigenvalue weighted by Crippen LogP contribution is -2.49. The molecule has 324 valence electrons. The molecular weight excluding hydrogens is 675 g/mol. The van der Waals surface area contributed by atoms with Crippen LogP contribution in [0.3, 0.4) is 0 Å². The Bertz CT molecular complexity index is 879. The van der Waals surface area contributed by atoms with Gasteiger partial charge in [-0.15, -0.1) is 0 Å². The van der Waals surface area contributed by atoms with Crippen LogP contribution in [0.4, 0.5) is 0 Å². The summed E-state index contributed by atoms with van der Waals surface area (Å²) in [4.78, 5) is 0. The number of hydrogen-bond acceptors (Lipinski definition) is 0. The number of unbranched alkanes of at least 4 members (excludes halogenated alkanes) is 30. The zero-order valence-electron chi connectivity index (χ0n) is 38.6. The van der Waals surface area contributed by atoms with E-state index in [9.17, 15) is 0 Å². The predicted molar refractivity (Wildman–Crippen MR) is 256 cm³/mol. The highest BCUT2D eigenvalue weighted by molar-refractivity contribution is 5.13. The standard InChI is InChI=1S/C55H100N/c1-4-7-10-13-16-19-22-25-28-31-34-37-40-46-51-56(54-55-49-44-43-45-50-55,52-47-41-38-35-32-29-26-23-20-17-14-11-8-5-2)53-48-42-39-36-33-30-27-24-21-18-15-12-9-6-3/h37-45,49-50H,4-36,46-48,51-54H2,1-3H3/q+1/b40-37+,41-38+,42-39+. The first-order valence-corrected chi connectivity index (χ1v) is 25.6. The molecular formula is C55H100N+. The van der Waals surface area contributed by atoms with Crippen LogP contribution in [-0.4, -0.2) is 24.1 Å². The Morgan fingerprint density at radius 2 is 0.554 bits per heavy atom. The van der Waals surface area contributed by atoms with Gasteiger partial charge < -0.3 is 4.48 Å². The van der Waals surface area contributed by atoms with E-state index in [4.69, 9.17) is 0 Å². The topological polar surface area (TPSA) is 0 Å². The van der Waals surface area contributed by atoms with E-state index in [0.717, 1.165) is 6.54 Å². The summed E-state index contributed by atoms with van der Waals surface area (Å²) >= 11 is 0. The summed E-state index contributed by atoms with van der Waals surface area (Å²) in [6.45, 7) is 11.9. The molecule has 0 bridgehead atoms. The van der Waals surface area contributed by atoms with Crippen molar-refractivity contribution < 1.29 is 4.48 Å². The van der Waals surface area contributed by atoms with Gasteiger partial charge in [-0.3, -0.25) is 0 Å². The zero-order chi connectivity index (χ0) is 40.1. The molecule has 0 radical (unpaired) electrons. The molecule has 1 heteroatoms. The third-order valence-electron chi connectivity index (χ3n) is 12.3. The second kappa shape index (κ2) is 43.0. The summed E-state index contributed by atoms with van der Waals surface area (Å²) in [7, 11) is 0. The van der Waals surface area contributed by atoms with Crippen LogP contribution in [0.1, 0.15) is 257 Å². The molecule has 0 amide bonds. The monoisotopic (exact) mass is 775 g/mol. The highest BCUT2D eigenvalue weighted by Gasteiger charge is 2.26. The minimum atomic E-state index is 1.16. The summed E-state index contributed by atoms with van der Waals surface area (Å²) in [5, 5.41) is 0. The van der Waals surface area contributed by atoms with Gasteiger partial charge in [0, 0.05) is 24.8 Å². The average Bonchev–Trinajstić information content (AvgIpc) is 3.21. The maximum Gasteiger partial charge on any atom is 0.104 e. The van der Waals surface area contributed by atoms with E-state index in [1.807, 2.05) is 0 Å². The van der Waals surface area contributed by atoms with Gasteiger partial charge in [0.1, 0.15) is 6.54 Å². The van der Waals surface area contributed by atoms with Crippen molar-refractivity contribution in [2.24, 2.45) is 0 Å². The van der Waals surface area contributed by atoms with Crippen LogP contribution in [0.5, 0.6) is 0 Å². The van der Waals surface area contributed by atoms with Crippen molar-refractivity contribution in [2.45, 2.75) is 258 Å². The Labute approximate surface area is 353 Å². The molecule has 1 aromatic carbocycles. The Morgan fingerprint density at radius 3 is 0.839 bits per heavy atom. The van der Waals surface area contributed by atoms with Crippen LogP contribution in [-0.2, 0) is 6.54 Å². The second-order valence-electron chi connectivity index (χ2n) is 17.8. The second-order valence-corrected chi connectivity index (χ2v) is 17.8. The molecule has 0 aliphatic heterocycles. The van der Waals surface area contributed by atoms with E-state index in [2.05, 4.69) is 87.6 Å². The highest BCUT2D eigenvalue weighted by atomic mass is 15.3. The third-order valence-corrected chi connectivity index (χ3v) is 12.3. The van der Waals surface area contributed by atoms with E-state index in [0.29, 0.717) is 0 Å². The van der Waals surface area contributed by atoms with Crippen molar-refractivity contribution >= 4 is 0 Å². The normalized spacial score (nSPS) is 12.3. The molecule has 1 aromatic rings. The molecule has 0 aliphatic carbocycles. The molecule has 0 N–H and O–H groups in total. The van der Waals surface area contributed by atoms with Gasteiger partial charge in [0.05, 0.1) is 19.6 Å². The van der Waals surface area contributed by atoms with Gasteiger partial charge in [0.2, 0.25) is 0 Å². The van der Waals surface area contributed by atoms with Crippen LogP contribution >= 0.6 is 0 Å². The smallest absolute Gasteiger partial charge is 0.104 e. The van der Waals surface area contributed by atoms with Crippen LogP contribution < -0.4 is 0 Å². The maximum absolute atomic E-state index is 2.54. The van der Waals surface area contributed by atoms with Gasteiger partial charge in [-0.1, -0.05) is 261 Å². The van der Waals surface area contributed by atoms with Gasteiger partial charge in [0.15, 0.2) is 0 Å². The molecule has 56 heavy (non-hydrogen) atoms. The summed E-state index contributed by atoms with van der Waals surface area (Å²) in [5.41, 5.74) is 1.51.